The maximum atomic E-state index is 11.1. The first-order valence-electron chi connectivity index (χ1n) is 5.05. The number of hydrogen-bond donors (Lipinski definition) is 3. The Balaban J connectivity index is 2.26. The van der Waals surface area contributed by atoms with Gasteiger partial charge in [-0.25, -0.2) is 4.79 Å². The van der Waals surface area contributed by atoms with E-state index in [0.29, 0.717) is 5.69 Å². The fourth-order valence-corrected chi connectivity index (χ4v) is 1.15. The summed E-state index contributed by atoms with van der Waals surface area (Å²) in [6.07, 6.45) is -0.776. The number of carbonyl (C=O) groups excluding carboxylic acids is 1. The van der Waals surface area contributed by atoms with Crippen molar-refractivity contribution in [3.63, 3.8) is 0 Å². The molecule has 92 valence electrons. The average molecular weight is 238 g/mol. The third kappa shape index (κ3) is 5.41. The summed E-state index contributed by atoms with van der Waals surface area (Å²) in [5, 5.41) is 10.7. The van der Waals surface area contributed by atoms with Crippen LogP contribution in [0.25, 0.3) is 0 Å². The highest BCUT2D eigenvalue weighted by Crippen LogP contribution is 2.07. The van der Waals surface area contributed by atoms with Crippen molar-refractivity contribution in [2.75, 3.05) is 12.3 Å². The molecule has 0 spiro atoms. The fourth-order valence-electron chi connectivity index (χ4n) is 1.15. The lowest BCUT2D eigenvalue weighted by Gasteiger charge is -2.06. The SMILES string of the molecule is Nc1cccc(COC(=O)NCCC(=O)O)c1. The van der Waals surface area contributed by atoms with E-state index in [9.17, 15) is 9.59 Å². The highest BCUT2D eigenvalue weighted by molar-refractivity contribution is 5.70. The molecule has 0 radical (unpaired) electrons. The minimum absolute atomic E-state index is 0.0467. The van der Waals surface area contributed by atoms with Gasteiger partial charge in [0.25, 0.3) is 0 Å². The number of hydrogen-bond acceptors (Lipinski definition) is 4. The number of anilines is 1. The van der Waals surface area contributed by atoms with Gasteiger partial charge in [-0.3, -0.25) is 4.79 Å². The van der Waals surface area contributed by atoms with E-state index in [1.807, 2.05) is 0 Å². The quantitative estimate of drug-likeness (QED) is 0.663. The van der Waals surface area contributed by atoms with Gasteiger partial charge in [-0.05, 0) is 17.7 Å². The Hall–Kier alpha value is -2.24. The molecular weight excluding hydrogens is 224 g/mol. The fraction of sp³-hybridized carbons (Fsp3) is 0.273. The second-order valence-corrected chi connectivity index (χ2v) is 3.39. The molecule has 0 aliphatic carbocycles. The lowest BCUT2D eigenvalue weighted by atomic mass is 10.2. The van der Waals surface area contributed by atoms with Gasteiger partial charge in [-0.15, -0.1) is 0 Å². The van der Waals surface area contributed by atoms with E-state index < -0.39 is 12.1 Å². The summed E-state index contributed by atoms with van der Waals surface area (Å²) in [5.74, 6) is -0.971. The molecule has 0 aliphatic rings. The topological polar surface area (TPSA) is 102 Å². The number of aliphatic carboxylic acids is 1. The number of carbonyl (C=O) groups is 2. The predicted molar refractivity (Wildman–Crippen MR) is 61.3 cm³/mol. The second kappa shape index (κ2) is 6.37. The smallest absolute Gasteiger partial charge is 0.407 e. The van der Waals surface area contributed by atoms with Gasteiger partial charge < -0.3 is 20.9 Å². The maximum absolute atomic E-state index is 11.1. The summed E-state index contributed by atoms with van der Waals surface area (Å²) in [4.78, 5) is 21.3. The molecule has 1 amide bonds. The van der Waals surface area contributed by atoms with Gasteiger partial charge in [-0.2, -0.15) is 0 Å². The van der Waals surface area contributed by atoms with E-state index in [1.54, 1.807) is 24.3 Å². The van der Waals surface area contributed by atoms with Gasteiger partial charge in [0.2, 0.25) is 0 Å². The molecule has 0 saturated heterocycles. The van der Waals surface area contributed by atoms with Crippen LogP contribution >= 0.6 is 0 Å². The largest absolute Gasteiger partial charge is 0.481 e. The van der Waals surface area contributed by atoms with Gasteiger partial charge in [0.1, 0.15) is 6.61 Å². The Kier molecular flexibility index (Phi) is 4.80. The van der Waals surface area contributed by atoms with Gasteiger partial charge in [0.15, 0.2) is 0 Å². The number of benzene rings is 1. The normalized spacial score (nSPS) is 9.65. The zero-order valence-electron chi connectivity index (χ0n) is 9.18. The van der Waals surface area contributed by atoms with Crippen LogP contribution in [0.3, 0.4) is 0 Å². The molecule has 0 unspecified atom stereocenters. The van der Waals surface area contributed by atoms with Gasteiger partial charge in [-0.1, -0.05) is 12.1 Å². The van der Waals surface area contributed by atoms with Crippen molar-refractivity contribution in [2.24, 2.45) is 0 Å². The molecule has 0 aliphatic heterocycles. The molecule has 1 rings (SSSR count). The van der Waals surface area contributed by atoms with E-state index in [1.165, 1.54) is 0 Å². The van der Waals surface area contributed by atoms with Crippen LogP contribution in [0.15, 0.2) is 24.3 Å². The summed E-state index contributed by atoms with van der Waals surface area (Å²) in [6, 6.07) is 6.97. The van der Waals surface area contributed by atoms with Gasteiger partial charge in [0.05, 0.1) is 6.42 Å². The van der Waals surface area contributed by atoms with Crippen molar-refractivity contribution in [1.29, 1.82) is 0 Å². The molecule has 0 fully saturated rings. The molecular formula is C11H14N2O4. The average Bonchev–Trinajstić information content (AvgIpc) is 2.26. The van der Waals surface area contributed by atoms with Crippen LogP contribution in [-0.4, -0.2) is 23.7 Å². The number of carboxylic acid groups (broad SMARTS) is 1. The lowest BCUT2D eigenvalue weighted by Crippen LogP contribution is -2.26. The molecule has 4 N–H and O–H groups in total. The number of rotatable bonds is 5. The Morgan fingerprint density at radius 1 is 1.41 bits per heavy atom. The van der Waals surface area contributed by atoms with Crippen molar-refractivity contribution in [3.8, 4) is 0 Å². The van der Waals surface area contributed by atoms with Crippen molar-refractivity contribution >= 4 is 17.7 Å². The Morgan fingerprint density at radius 3 is 2.82 bits per heavy atom. The number of nitrogens with one attached hydrogen (secondary N) is 1. The first-order chi connectivity index (χ1) is 8.08. The first-order valence-corrected chi connectivity index (χ1v) is 5.05. The molecule has 0 aromatic heterocycles. The van der Waals surface area contributed by atoms with Crippen LogP contribution in [0.1, 0.15) is 12.0 Å². The molecule has 17 heavy (non-hydrogen) atoms. The van der Waals surface area contributed by atoms with Gasteiger partial charge >= 0.3 is 12.1 Å². The summed E-state index contributed by atoms with van der Waals surface area (Å²) in [5.41, 5.74) is 6.93. The minimum Gasteiger partial charge on any atom is -0.481 e. The highest BCUT2D eigenvalue weighted by atomic mass is 16.5. The Bertz CT molecular complexity index is 406. The van der Waals surface area contributed by atoms with E-state index >= 15 is 0 Å². The van der Waals surface area contributed by atoms with Crippen molar-refractivity contribution < 1.29 is 19.4 Å². The van der Waals surface area contributed by atoms with Crippen LogP contribution in [-0.2, 0) is 16.1 Å². The van der Waals surface area contributed by atoms with Crippen LogP contribution in [0.4, 0.5) is 10.5 Å². The monoisotopic (exact) mass is 238 g/mol. The summed E-state index contributed by atoms with van der Waals surface area (Å²) in [6.45, 7) is 0.148. The summed E-state index contributed by atoms with van der Waals surface area (Å²) in [7, 11) is 0. The molecule has 0 bridgehead atoms. The van der Waals surface area contributed by atoms with Crippen LogP contribution in [0.2, 0.25) is 0 Å². The number of amides is 1. The highest BCUT2D eigenvalue weighted by Gasteiger charge is 2.03. The second-order valence-electron chi connectivity index (χ2n) is 3.39. The molecule has 0 heterocycles. The standard InChI is InChI=1S/C11H14N2O4/c12-9-3-1-2-8(6-9)7-17-11(16)13-5-4-10(14)15/h1-3,6H,4-5,7,12H2,(H,13,16)(H,14,15). The molecule has 0 atom stereocenters. The van der Waals surface area contributed by atoms with Crippen LogP contribution in [0, 0.1) is 0 Å². The number of alkyl carbamates (subject to hydrolysis) is 1. The van der Waals surface area contributed by atoms with E-state index in [-0.39, 0.29) is 19.6 Å². The van der Waals surface area contributed by atoms with E-state index in [0.717, 1.165) is 5.56 Å². The zero-order valence-corrected chi connectivity index (χ0v) is 9.18. The van der Waals surface area contributed by atoms with Crippen LogP contribution in [0.5, 0.6) is 0 Å². The van der Waals surface area contributed by atoms with Crippen LogP contribution < -0.4 is 11.1 Å². The maximum Gasteiger partial charge on any atom is 0.407 e. The summed E-state index contributed by atoms with van der Waals surface area (Å²) >= 11 is 0. The molecule has 1 aromatic rings. The van der Waals surface area contributed by atoms with Crippen molar-refractivity contribution in [1.82, 2.24) is 5.32 Å². The third-order valence-electron chi connectivity index (χ3n) is 1.93. The number of nitrogens with two attached hydrogens (primary N) is 1. The first kappa shape index (κ1) is 12.8. The molecule has 6 heteroatoms. The molecule has 6 nitrogen and oxygen atoms in total. The van der Waals surface area contributed by atoms with Crippen molar-refractivity contribution in [2.45, 2.75) is 13.0 Å². The predicted octanol–water partition coefficient (Wildman–Crippen LogP) is 0.970. The Labute approximate surface area is 98.4 Å². The van der Waals surface area contributed by atoms with Crippen molar-refractivity contribution in [3.05, 3.63) is 29.8 Å². The summed E-state index contributed by atoms with van der Waals surface area (Å²) < 4.78 is 4.87. The van der Waals surface area contributed by atoms with E-state index in [4.69, 9.17) is 15.6 Å². The molecule has 0 saturated carbocycles. The lowest BCUT2D eigenvalue weighted by molar-refractivity contribution is -0.136. The zero-order chi connectivity index (χ0) is 12.7. The number of ether oxygens (including phenoxy) is 1. The number of nitrogen functional groups attached to an aromatic ring is 1. The van der Waals surface area contributed by atoms with Gasteiger partial charge in [0, 0.05) is 12.2 Å². The molecule has 1 aromatic carbocycles. The minimum atomic E-state index is -0.971. The van der Waals surface area contributed by atoms with E-state index in [2.05, 4.69) is 5.32 Å². The third-order valence-corrected chi connectivity index (χ3v) is 1.93. The Morgan fingerprint density at radius 2 is 2.18 bits per heavy atom. The number of carboxylic acids is 1.